The summed E-state index contributed by atoms with van der Waals surface area (Å²) in [5, 5.41) is 4.85. The van der Waals surface area contributed by atoms with Crippen LogP contribution in [0.1, 0.15) is 0 Å². The number of benzene rings is 5. The van der Waals surface area contributed by atoms with Crippen LogP contribution in [0.4, 0.5) is 0 Å². The lowest BCUT2D eigenvalue weighted by Gasteiger charge is -2.08. The van der Waals surface area contributed by atoms with E-state index < -0.39 is 0 Å². The second-order valence-corrected chi connectivity index (χ2v) is 8.12. The standard InChI is InChI=1S/C29H18N2O/c1-3-9-21-17-23(15-13-19(21)7-1)27-28(24-16-14-20-8-2-4-10-22(20)18-24)31-25-11-5-6-12-26(25)32-29(31)30-27/h1-18H. The van der Waals surface area contributed by atoms with Crippen LogP contribution in [0, 0.1) is 0 Å². The van der Waals surface area contributed by atoms with E-state index in [2.05, 4.69) is 95.4 Å². The smallest absolute Gasteiger partial charge is 0.307 e. The van der Waals surface area contributed by atoms with Crippen LogP contribution in [0.5, 0.6) is 0 Å². The predicted octanol–water partition coefficient (Wildman–Crippen LogP) is 7.72. The monoisotopic (exact) mass is 410 g/mol. The molecular weight excluding hydrogens is 392 g/mol. The SMILES string of the molecule is c1ccc2cc(-c3nc4oc5ccccc5n4c3-c3ccc4ccccc4c3)ccc2c1. The van der Waals surface area contributed by atoms with Gasteiger partial charge in [-0.15, -0.1) is 0 Å². The van der Waals surface area contributed by atoms with Crippen LogP contribution in [-0.4, -0.2) is 9.38 Å². The van der Waals surface area contributed by atoms with Crippen molar-refractivity contribution in [2.75, 3.05) is 0 Å². The van der Waals surface area contributed by atoms with Crippen molar-refractivity contribution in [3.8, 4) is 22.5 Å². The van der Waals surface area contributed by atoms with E-state index in [-0.39, 0.29) is 0 Å². The van der Waals surface area contributed by atoms with Crippen molar-refractivity contribution < 1.29 is 4.42 Å². The largest absolute Gasteiger partial charge is 0.423 e. The first-order valence-electron chi connectivity index (χ1n) is 10.7. The lowest BCUT2D eigenvalue weighted by molar-refractivity contribution is 0.642. The molecule has 7 rings (SSSR count). The number of para-hydroxylation sites is 2. The molecule has 3 heteroatoms. The summed E-state index contributed by atoms with van der Waals surface area (Å²) in [6.45, 7) is 0. The Morgan fingerprint density at radius 1 is 0.562 bits per heavy atom. The normalized spacial score (nSPS) is 11.8. The van der Waals surface area contributed by atoms with Gasteiger partial charge in [0.25, 0.3) is 0 Å². The fraction of sp³-hybridized carbons (Fsp3) is 0. The highest BCUT2D eigenvalue weighted by Gasteiger charge is 2.21. The molecule has 0 aliphatic rings. The van der Waals surface area contributed by atoms with Crippen molar-refractivity contribution in [2.24, 2.45) is 0 Å². The lowest BCUT2D eigenvalue weighted by Crippen LogP contribution is -1.90. The Kier molecular flexibility index (Phi) is 3.55. The third-order valence-electron chi connectivity index (χ3n) is 6.20. The summed E-state index contributed by atoms with van der Waals surface area (Å²) in [6.07, 6.45) is 0. The Labute approximate surface area is 184 Å². The second-order valence-electron chi connectivity index (χ2n) is 8.12. The third kappa shape index (κ3) is 2.51. The predicted molar refractivity (Wildman–Crippen MR) is 131 cm³/mol. The topological polar surface area (TPSA) is 30.4 Å². The van der Waals surface area contributed by atoms with Crippen LogP contribution in [0.25, 0.3) is 61.0 Å². The van der Waals surface area contributed by atoms with E-state index in [4.69, 9.17) is 9.40 Å². The van der Waals surface area contributed by atoms with E-state index >= 15 is 0 Å². The first kappa shape index (κ1) is 17.3. The summed E-state index contributed by atoms with van der Waals surface area (Å²) in [5.74, 6) is 0.609. The highest BCUT2D eigenvalue weighted by atomic mass is 16.4. The molecule has 0 amide bonds. The lowest BCUT2D eigenvalue weighted by atomic mass is 9.99. The fourth-order valence-electron chi connectivity index (χ4n) is 4.66. The summed E-state index contributed by atoms with van der Waals surface area (Å²) in [7, 11) is 0. The van der Waals surface area contributed by atoms with E-state index in [9.17, 15) is 0 Å². The molecule has 0 saturated carbocycles. The Hall–Kier alpha value is -4.37. The number of aromatic nitrogens is 2. The summed E-state index contributed by atoms with van der Waals surface area (Å²) in [5.41, 5.74) is 6.02. The molecule has 0 aliphatic carbocycles. The van der Waals surface area contributed by atoms with Gasteiger partial charge in [-0.05, 0) is 45.8 Å². The van der Waals surface area contributed by atoms with Gasteiger partial charge in [0.05, 0.1) is 11.2 Å². The quantitative estimate of drug-likeness (QED) is 0.292. The average molecular weight is 410 g/mol. The van der Waals surface area contributed by atoms with Gasteiger partial charge in [-0.3, -0.25) is 4.40 Å². The molecule has 3 nitrogen and oxygen atoms in total. The van der Waals surface area contributed by atoms with Crippen LogP contribution in [-0.2, 0) is 0 Å². The Balaban J connectivity index is 1.58. The molecule has 0 aliphatic heterocycles. The van der Waals surface area contributed by atoms with Crippen LogP contribution >= 0.6 is 0 Å². The highest BCUT2D eigenvalue weighted by molar-refractivity contribution is 5.95. The molecule has 32 heavy (non-hydrogen) atoms. The summed E-state index contributed by atoms with van der Waals surface area (Å²) in [6, 6.07) is 38.1. The van der Waals surface area contributed by atoms with Crippen LogP contribution < -0.4 is 0 Å². The van der Waals surface area contributed by atoms with Gasteiger partial charge in [0.15, 0.2) is 5.58 Å². The van der Waals surface area contributed by atoms with E-state index in [0.717, 1.165) is 33.6 Å². The minimum Gasteiger partial charge on any atom is -0.423 e. The van der Waals surface area contributed by atoms with Gasteiger partial charge >= 0.3 is 5.84 Å². The molecular formula is C29H18N2O. The zero-order chi connectivity index (χ0) is 21.1. The van der Waals surface area contributed by atoms with Gasteiger partial charge in [0.2, 0.25) is 0 Å². The maximum absolute atomic E-state index is 6.14. The number of oxazole rings is 1. The molecule has 0 N–H and O–H groups in total. The zero-order valence-electron chi connectivity index (χ0n) is 17.2. The number of hydrogen-bond donors (Lipinski definition) is 0. The minimum atomic E-state index is 0.609. The van der Waals surface area contributed by atoms with Gasteiger partial charge in [-0.2, -0.15) is 4.98 Å². The zero-order valence-corrected chi connectivity index (χ0v) is 17.2. The van der Waals surface area contributed by atoms with E-state index in [1.165, 1.54) is 21.5 Å². The summed E-state index contributed by atoms with van der Waals surface area (Å²) < 4.78 is 8.29. The van der Waals surface area contributed by atoms with E-state index in [0.29, 0.717) is 5.84 Å². The second kappa shape index (κ2) is 6.56. The molecule has 0 radical (unpaired) electrons. The molecule has 0 unspecified atom stereocenters. The molecule has 0 fully saturated rings. The number of hydrogen-bond acceptors (Lipinski definition) is 2. The first-order valence-corrected chi connectivity index (χ1v) is 10.7. The Morgan fingerprint density at radius 2 is 1.16 bits per heavy atom. The number of nitrogens with zero attached hydrogens (tertiary/aromatic N) is 2. The average Bonchev–Trinajstić information content (AvgIpc) is 3.40. The number of fused-ring (bicyclic) bond motifs is 5. The first-order chi connectivity index (χ1) is 15.8. The molecule has 7 aromatic rings. The van der Waals surface area contributed by atoms with Crippen molar-refractivity contribution in [1.82, 2.24) is 9.38 Å². The fourth-order valence-corrected chi connectivity index (χ4v) is 4.66. The molecule has 150 valence electrons. The molecule has 0 atom stereocenters. The van der Waals surface area contributed by atoms with Gasteiger partial charge in [0.1, 0.15) is 5.69 Å². The molecule has 0 saturated heterocycles. The van der Waals surface area contributed by atoms with Crippen molar-refractivity contribution in [3.05, 3.63) is 109 Å². The number of imidazole rings is 1. The third-order valence-corrected chi connectivity index (χ3v) is 6.20. The van der Waals surface area contributed by atoms with Crippen LogP contribution in [0.2, 0.25) is 0 Å². The van der Waals surface area contributed by atoms with Crippen molar-refractivity contribution in [1.29, 1.82) is 0 Å². The maximum atomic E-state index is 6.14. The molecule has 2 heterocycles. The van der Waals surface area contributed by atoms with Gasteiger partial charge in [0, 0.05) is 11.1 Å². The minimum absolute atomic E-state index is 0.609. The van der Waals surface area contributed by atoms with Crippen molar-refractivity contribution in [2.45, 2.75) is 0 Å². The molecule has 0 spiro atoms. The molecule has 2 aromatic heterocycles. The Morgan fingerprint density at radius 3 is 1.91 bits per heavy atom. The summed E-state index contributed by atoms with van der Waals surface area (Å²) in [4.78, 5) is 4.98. The van der Waals surface area contributed by atoms with Gasteiger partial charge in [-0.1, -0.05) is 84.9 Å². The summed E-state index contributed by atoms with van der Waals surface area (Å²) >= 11 is 0. The number of rotatable bonds is 2. The molecule has 0 bridgehead atoms. The van der Waals surface area contributed by atoms with Crippen molar-refractivity contribution in [3.63, 3.8) is 0 Å². The molecule has 5 aromatic carbocycles. The Bertz CT molecular complexity index is 1790. The van der Waals surface area contributed by atoms with Crippen LogP contribution in [0.15, 0.2) is 114 Å². The van der Waals surface area contributed by atoms with E-state index in [1.807, 2.05) is 18.2 Å². The maximum Gasteiger partial charge on any atom is 0.307 e. The van der Waals surface area contributed by atoms with Crippen molar-refractivity contribution >= 4 is 38.5 Å². The van der Waals surface area contributed by atoms with E-state index in [1.54, 1.807) is 0 Å². The van der Waals surface area contributed by atoms with Gasteiger partial charge < -0.3 is 4.42 Å². The van der Waals surface area contributed by atoms with Gasteiger partial charge in [-0.25, -0.2) is 0 Å². The highest BCUT2D eigenvalue weighted by Crippen LogP contribution is 2.38. The van der Waals surface area contributed by atoms with Crippen LogP contribution in [0.3, 0.4) is 0 Å².